The summed E-state index contributed by atoms with van der Waals surface area (Å²) in [4.78, 5) is 29.2. The lowest BCUT2D eigenvalue weighted by atomic mass is 9.85. The average molecular weight is 649 g/mol. The first kappa shape index (κ1) is 42.2. The Morgan fingerprint density at radius 1 is 1.11 bits per heavy atom. The summed E-state index contributed by atoms with van der Waals surface area (Å²) in [7, 11) is 2.69. The molecular formula is C36H58FN2O5P. The number of nitrogens with zero attached hydrogens (tertiary/aromatic N) is 1. The Hall–Kier alpha value is -2.83. The summed E-state index contributed by atoms with van der Waals surface area (Å²) in [6.45, 7) is 25.7. The highest BCUT2D eigenvalue weighted by atomic mass is 31.0. The number of amides is 1. The number of pyridine rings is 1. The maximum atomic E-state index is 15.2. The zero-order chi connectivity index (χ0) is 35.3. The first-order valence-electron chi connectivity index (χ1n) is 16.0. The van der Waals surface area contributed by atoms with Crippen LogP contribution in [-0.2, 0) is 22.4 Å². The summed E-state index contributed by atoms with van der Waals surface area (Å²) in [5, 5.41) is 21.2. The summed E-state index contributed by atoms with van der Waals surface area (Å²) in [6.07, 6.45) is 3.75. The highest BCUT2D eigenvalue weighted by molar-refractivity contribution is 7.18. The standard InChI is InChI=1S/C27H34FN2O4P.C5H12O.2C2H6/c1-14(26(33)29-13-27(5,6)35)10-20-16(3)30-17(4)21(12-23(31)32)24(20)19-11-22(28)25-18(15(19)2)8-7-9-34-25;1-4-5(2,3)6;2*1-2/h10-11H,7-9,12-13,35H2,1-6H3,(H,29,33)(H,31,32);6H,4H2,1-3H3;2*1-2H3/b14-10+;;;. The van der Waals surface area contributed by atoms with Crippen LogP contribution in [0, 0.1) is 26.6 Å². The van der Waals surface area contributed by atoms with Gasteiger partial charge in [-0.3, -0.25) is 14.6 Å². The number of carbonyl (C=O) groups excluding carboxylic acids is 1. The van der Waals surface area contributed by atoms with Gasteiger partial charge >= 0.3 is 5.97 Å². The number of aromatic nitrogens is 1. The zero-order valence-electron chi connectivity index (χ0n) is 29.9. The van der Waals surface area contributed by atoms with Crippen molar-refractivity contribution in [1.29, 1.82) is 0 Å². The largest absolute Gasteiger partial charge is 0.490 e. The van der Waals surface area contributed by atoms with Crippen LogP contribution in [0.15, 0.2) is 11.6 Å². The first-order chi connectivity index (χ1) is 20.9. The number of nitrogens with one attached hydrogen (secondary N) is 1. The molecule has 1 atom stereocenters. The number of aliphatic carboxylic acids is 1. The fourth-order valence-corrected chi connectivity index (χ4v) is 4.50. The third kappa shape index (κ3) is 13.2. The molecule has 3 N–H and O–H groups in total. The van der Waals surface area contributed by atoms with E-state index in [-0.39, 0.29) is 23.2 Å². The van der Waals surface area contributed by atoms with Crippen LogP contribution in [0.5, 0.6) is 5.75 Å². The molecule has 0 spiro atoms. The molecule has 45 heavy (non-hydrogen) atoms. The fourth-order valence-electron chi connectivity index (χ4n) is 4.40. The molecule has 0 aliphatic carbocycles. The summed E-state index contributed by atoms with van der Waals surface area (Å²) in [6, 6.07) is 1.42. The predicted octanol–water partition coefficient (Wildman–Crippen LogP) is 8.16. The monoisotopic (exact) mass is 648 g/mol. The lowest BCUT2D eigenvalue weighted by Crippen LogP contribution is -2.34. The Labute approximate surface area is 273 Å². The van der Waals surface area contributed by atoms with E-state index in [9.17, 15) is 14.7 Å². The Morgan fingerprint density at radius 2 is 1.67 bits per heavy atom. The summed E-state index contributed by atoms with van der Waals surface area (Å²) < 4.78 is 20.8. The van der Waals surface area contributed by atoms with Gasteiger partial charge in [0.25, 0.3) is 0 Å². The molecule has 0 fully saturated rings. The molecule has 0 bridgehead atoms. The quantitative estimate of drug-likeness (QED) is 0.197. The molecule has 2 heterocycles. The van der Waals surface area contributed by atoms with E-state index in [1.165, 1.54) is 6.07 Å². The minimum absolute atomic E-state index is 0.156. The van der Waals surface area contributed by atoms with E-state index in [2.05, 4.69) is 19.5 Å². The van der Waals surface area contributed by atoms with Crippen LogP contribution in [0.25, 0.3) is 17.2 Å². The fraction of sp³-hybridized carbons (Fsp3) is 0.583. The van der Waals surface area contributed by atoms with Crippen molar-refractivity contribution >= 4 is 27.2 Å². The van der Waals surface area contributed by atoms with Gasteiger partial charge in [0.05, 0.1) is 18.6 Å². The molecule has 1 amide bonds. The van der Waals surface area contributed by atoms with E-state index < -0.39 is 17.4 Å². The van der Waals surface area contributed by atoms with Gasteiger partial charge in [0.15, 0.2) is 11.6 Å². The normalized spacial score (nSPS) is 12.6. The molecular weight excluding hydrogens is 590 g/mol. The molecule has 1 unspecified atom stereocenters. The molecule has 7 nitrogen and oxygen atoms in total. The third-order valence-electron chi connectivity index (χ3n) is 7.06. The van der Waals surface area contributed by atoms with E-state index in [1.54, 1.807) is 33.8 Å². The number of aryl methyl sites for hydroxylation is 2. The molecule has 2 aromatic rings. The number of carbonyl (C=O) groups is 2. The average Bonchev–Trinajstić information content (AvgIpc) is 2.98. The molecule has 1 aliphatic rings. The van der Waals surface area contributed by atoms with Gasteiger partial charge in [0, 0.05) is 34.6 Å². The van der Waals surface area contributed by atoms with Crippen molar-refractivity contribution in [3.8, 4) is 16.9 Å². The van der Waals surface area contributed by atoms with Gasteiger partial charge in [-0.1, -0.05) is 48.5 Å². The highest BCUT2D eigenvalue weighted by Crippen LogP contribution is 2.41. The topological polar surface area (TPSA) is 109 Å². The first-order valence-corrected chi connectivity index (χ1v) is 16.6. The second-order valence-electron chi connectivity index (χ2n) is 12.1. The van der Waals surface area contributed by atoms with Gasteiger partial charge < -0.3 is 20.3 Å². The van der Waals surface area contributed by atoms with E-state index in [0.29, 0.717) is 58.8 Å². The Morgan fingerprint density at radius 3 is 2.16 bits per heavy atom. The van der Waals surface area contributed by atoms with Gasteiger partial charge in [-0.2, -0.15) is 0 Å². The Balaban J connectivity index is 0.00000170. The van der Waals surface area contributed by atoms with Crippen LogP contribution in [0.3, 0.4) is 0 Å². The van der Waals surface area contributed by atoms with Crippen LogP contribution >= 0.6 is 9.24 Å². The molecule has 0 radical (unpaired) electrons. The number of benzene rings is 1. The predicted molar refractivity (Wildman–Crippen MR) is 189 cm³/mol. The summed E-state index contributed by atoms with van der Waals surface area (Å²) in [5.74, 6) is -1.44. The van der Waals surface area contributed by atoms with E-state index in [1.807, 2.05) is 62.3 Å². The highest BCUT2D eigenvalue weighted by Gasteiger charge is 2.26. The van der Waals surface area contributed by atoms with Crippen molar-refractivity contribution in [1.82, 2.24) is 10.3 Å². The summed E-state index contributed by atoms with van der Waals surface area (Å²) >= 11 is 0. The number of aliphatic hydroxyl groups is 1. The third-order valence-corrected chi connectivity index (χ3v) is 7.26. The van der Waals surface area contributed by atoms with Crippen molar-refractivity contribution in [2.45, 2.75) is 126 Å². The Kier molecular flexibility index (Phi) is 17.8. The number of rotatable bonds is 8. The van der Waals surface area contributed by atoms with Crippen molar-refractivity contribution < 1.29 is 28.9 Å². The lowest BCUT2D eigenvalue weighted by Gasteiger charge is -2.24. The van der Waals surface area contributed by atoms with Crippen LogP contribution < -0.4 is 10.1 Å². The molecule has 3 rings (SSSR count). The number of carboxylic acids is 1. The van der Waals surface area contributed by atoms with Gasteiger partial charge in [0.1, 0.15) is 0 Å². The summed E-state index contributed by atoms with van der Waals surface area (Å²) in [5.41, 5.74) is 5.16. The van der Waals surface area contributed by atoms with Gasteiger partial charge in [-0.15, -0.1) is 9.24 Å². The minimum atomic E-state index is -1.01. The number of fused-ring (bicyclic) bond motifs is 1. The molecule has 254 valence electrons. The molecule has 0 saturated heterocycles. The molecule has 1 aliphatic heterocycles. The second-order valence-corrected chi connectivity index (χ2v) is 13.6. The van der Waals surface area contributed by atoms with Crippen LogP contribution in [0.4, 0.5) is 4.39 Å². The lowest BCUT2D eigenvalue weighted by molar-refractivity contribution is -0.136. The minimum Gasteiger partial charge on any atom is -0.490 e. The molecule has 0 saturated carbocycles. The van der Waals surface area contributed by atoms with Crippen LogP contribution in [-0.4, -0.2) is 51.0 Å². The zero-order valence-corrected chi connectivity index (χ0v) is 31.1. The van der Waals surface area contributed by atoms with Gasteiger partial charge in [-0.25, -0.2) is 4.39 Å². The van der Waals surface area contributed by atoms with Crippen LogP contribution in [0.2, 0.25) is 0 Å². The maximum Gasteiger partial charge on any atom is 0.307 e. The molecule has 1 aromatic carbocycles. The van der Waals surface area contributed by atoms with E-state index in [4.69, 9.17) is 9.84 Å². The van der Waals surface area contributed by atoms with Crippen molar-refractivity contribution in [3.05, 3.63) is 51.1 Å². The van der Waals surface area contributed by atoms with E-state index >= 15 is 4.39 Å². The van der Waals surface area contributed by atoms with Crippen molar-refractivity contribution in [3.63, 3.8) is 0 Å². The number of carboxylic acid groups (broad SMARTS) is 1. The molecule has 1 aromatic heterocycles. The maximum absolute atomic E-state index is 15.2. The molecule has 9 heteroatoms. The number of hydrogen-bond acceptors (Lipinski definition) is 5. The van der Waals surface area contributed by atoms with Crippen molar-refractivity contribution in [2.24, 2.45) is 0 Å². The van der Waals surface area contributed by atoms with Gasteiger partial charge in [-0.05, 0) is 100 Å². The number of halogens is 1. The SMILES string of the molecule is C/C(=C\c1c(C)nc(C)c(CC(=O)O)c1-c1cc(F)c2c(c1C)CCCO2)C(=O)NCC(C)(C)P.CC.CC.CCC(C)(C)O. The van der Waals surface area contributed by atoms with Crippen molar-refractivity contribution in [2.75, 3.05) is 13.2 Å². The number of ether oxygens (including phenoxy) is 1. The Bertz CT molecular complexity index is 1320. The van der Waals surface area contributed by atoms with Crippen LogP contribution in [0.1, 0.15) is 116 Å². The smallest absolute Gasteiger partial charge is 0.307 e. The second kappa shape index (κ2) is 19.0. The number of hydrogen-bond donors (Lipinski definition) is 3. The van der Waals surface area contributed by atoms with Gasteiger partial charge in [0.2, 0.25) is 5.91 Å². The van der Waals surface area contributed by atoms with E-state index in [0.717, 1.165) is 24.0 Å².